The van der Waals surface area contributed by atoms with Gasteiger partial charge in [0, 0.05) is 56.2 Å². The second kappa shape index (κ2) is 7.76. The van der Waals surface area contributed by atoms with Crippen LogP contribution in [-0.2, 0) is 6.54 Å². The average molecular weight is 345 g/mol. The van der Waals surface area contributed by atoms with Crippen LogP contribution in [0.2, 0.25) is 0 Å². The fourth-order valence-electron chi connectivity index (χ4n) is 3.15. The summed E-state index contributed by atoms with van der Waals surface area (Å²) in [6.07, 6.45) is 2.34. The fourth-order valence-corrected chi connectivity index (χ4v) is 3.15. The Balaban J connectivity index is 1.73. The van der Waals surface area contributed by atoms with Crippen LogP contribution in [0.1, 0.15) is 17.5 Å². The molecule has 0 aliphatic carbocycles. The zero-order valence-electron chi connectivity index (χ0n) is 14.4. The lowest BCUT2D eigenvalue weighted by Gasteiger charge is -2.41. The van der Waals surface area contributed by atoms with Crippen molar-refractivity contribution in [3.8, 4) is 0 Å². The first kappa shape index (κ1) is 17.6. The predicted molar refractivity (Wildman–Crippen MR) is 95.7 cm³/mol. The summed E-state index contributed by atoms with van der Waals surface area (Å²) < 4.78 is 14.0. The average Bonchev–Trinajstić information content (AvgIpc) is 2.61. The number of aromatic nitrogens is 2. The van der Waals surface area contributed by atoms with E-state index in [0.29, 0.717) is 36.8 Å². The molecule has 0 radical (unpaired) electrons. The molecule has 1 fully saturated rings. The zero-order valence-corrected chi connectivity index (χ0v) is 14.4. The van der Waals surface area contributed by atoms with Gasteiger partial charge in [-0.2, -0.15) is 4.98 Å². The van der Waals surface area contributed by atoms with Crippen LogP contribution < -0.4 is 10.6 Å². The molecule has 1 saturated heterocycles. The Kier molecular flexibility index (Phi) is 5.45. The zero-order chi connectivity index (χ0) is 17.8. The van der Waals surface area contributed by atoms with Crippen molar-refractivity contribution < 1.29 is 9.50 Å². The van der Waals surface area contributed by atoms with Gasteiger partial charge in [0.15, 0.2) is 0 Å². The number of nitrogen functional groups attached to an aromatic ring is 1. The monoisotopic (exact) mass is 345 g/mol. The molecule has 0 amide bonds. The summed E-state index contributed by atoms with van der Waals surface area (Å²) in [4.78, 5) is 13.0. The molecule has 25 heavy (non-hydrogen) atoms. The topological polar surface area (TPSA) is 78.5 Å². The van der Waals surface area contributed by atoms with Gasteiger partial charge in [-0.3, -0.25) is 4.90 Å². The Morgan fingerprint density at radius 2 is 2.12 bits per heavy atom. The van der Waals surface area contributed by atoms with Gasteiger partial charge in [-0.05, 0) is 19.4 Å². The minimum absolute atomic E-state index is 0.0865. The summed E-state index contributed by atoms with van der Waals surface area (Å²) in [6.45, 7) is 4.65. The SMILES string of the molecule is Cc1cnc(N2CCN(Cc3ccccc3F)C(CCO)C2)nc1N. The molecule has 1 aromatic carbocycles. The Labute approximate surface area is 147 Å². The van der Waals surface area contributed by atoms with Gasteiger partial charge in [0.25, 0.3) is 0 Å². The van der Waals surface area contributed by atoms with Crippen molar-refractivity contribution in [1.82, 2.24) is 14.9 Å². The van der Waals surface area contributed by atoms with E-state index in [2.05, 4.69) is 19.8 Å². The van der Waals surface area contributed by atoms with Crippen molar-refractivity contribution in [1.29, 1.82) is 0 Å². The summed E-state index contributed by atoms with van der Waals surface area (Å²) in [5.41, 5.74) is 7.43. The maximum absolute atomic E-state index is 14.0. The maximum Gasteiger partial charge on any atom is 0.227 e. The van der Waals surface area contributed by atoms with Gasteiger partial charge in [-0.1, -0.05) is 18.2 Å². The highest BCUT2D eigenvalue weighted by atomic mass is 19.1. The van der Waals surface area contributed by atoms with Crippen molar-refractivity contribution >= 4 is 11.8 Å². The van der Waals surface area contributed by atoms with E-state index < -0.39 is 0 Å². The summed E-state index contributed by atoms with van der Waals surface area (Å²) in [5.74, 6) is 0.899. The molecule has 6 nitrogen and oxygen atoms in total. The number of rotatable bonds is 5. The van der Waals surface area contributed by atoms with Crippen LogP contribution in [0, 0.1) is 12.7 Å². The van der Waals surface area contributed by atoms with Crippen LogP contribution in [0.5, 0.6) is 0 Å². The van der Waals surface area contributed by atoms with Gasteiger partial charge >= 0.3 is 0 Å². The fraction of sp³-hybridized carbons (Fsp3) is 0.444. The predicted octanol–water partition coefficient (Wildman–Crippen LogP) is 1.58. The highest BCUT2D eigenvalue weighted by Gasteiger charge is 2.28. The number of aliphatic hydroxyl groups excluding tert-OH is 1. The molecule has 1 atom stereocenters. The first-order chi connectivity index (χ1) is 12.1. The lowest BCUT2D eigenvalue weighted by molar-refractivity contribution is 0.133. The molecule has 7 heteroatoms. The van der Waals surface area contributed by atoms with Crippen molar-refractivity contribution in [2.75, 3.05) is 36.9 Å². The molecule has 0 bridgehead atoms. The van der Waals surface area contributed by atoms with Crippen LogP contribution in [0.25, 0.3) is 0 Å². The summed E-state index contributed by atoms with van der Waals surface area (Å²) in [7, 11) is 0. The highest BCUT2D eigenvalue weighted by Crippen LogP contribution is 2.21. The molecule has 3 rings (SSSR count). The Morgan fingerprint density at radius 3 is 2.84 bits per heavy atom. The Morgan fingerprint density at radius 1 is 1.32 bits per heavy atom. The third-order valence-electron chi connectivity index (χ3n) is 4.68. The number of hydrogen-bond donors (Lipinski definition) is 2. The standard InChI is InChI=1S/C18H24FN5O/c1-13-10-21-18(22-17(13)20)24-8-7-23(15(12-24)6-9-25)11-14-4-2-3-5-16(14)19/h2-5,10,15,25H,6-9,11-12H2,1H3,(H2,20,21,22). The second-order valence-electron chi connectivity index (χ2n) is 6.41. The molecule has 1 aromatic heterocycles. The number of benzene rings is 1. The minimum atomic E-state index is -0.192. The number of aliphatic hydroxyl groups is 1. The first-order valence-electron chi connectivity index (χ1n) is 8.51. The van der Waals surface area contributed by atoms with Gasteiger partial charge < -0.3 is 15.7 Å². The summed E-state index contributed by atoms with van der Waals surface area (Å²) in [5, 5.41) is 9.42. The Hall–Kier alpha value is -2.25. The first-order valence-corrected chi connectivity index (χ1v) is 8.51. The minimum Gasteiger partial charge on any atom is -0.396 e. The van der Waals surface area contributed by atoms with Crippen molar-refractivity contribution in [2.24, 2.45) is 0 Å². The highest BCUT2D eigenvalue weighted by molar-refractivity contribution is 5.44. The van der Waals surface area contributed by atoms with Crippen molar-refractivity contribution in [3.05, 3.63) is 47.4 Å². The summed E-state index contributed by atoms with van der Waals surface area (Å²) >= 11 is 0. The van der Waals surface area contributed by atoms with Gasteiger partial charge in [-0.15, -0.1) is 0 Å². The lowest BCUT2D eigenvalue weighted by atomic mass is 10.1. The van der Waals surface area contributed by atoms with E-state index in [1.54, 1.807) is 12.3 Å². The lowest BCUT2D eigenvalue weighted by Crippen LogP contribution is -2.53. The van der Waals surface area contributed by atoms with E-state index in [4.69, 9.17) is 5.73 Å². The molecule has 134 valence electrons. The van der Waals surface area contributed by atoms with Gasteiger partial charge in [0.2, 0.25) is 5.95 Å². The van der Waals surface area contributed by atoms with E-state index in [0.717, 1.165) is 18.7 Å². The molecular formula is C18H24FN5O. The quantitative estimate of drug-likeness (QED) is 0.857. The molecule has 1 unspecified atom stereocenters. The van der Waals surface area contributed by atoms with E-state index >= 15 is 0 Å². The number of nitrogens with zero attached hydrogens (tertiary/aromatic N) is 4. The molecule has 0 spiro atoms. The van der Waals surface area contributed by atoms with Crippen molar-refractivity contribution in [2.45, 2.75) is 25.9 Å². The summed E-state index contributed by atoms with van der Waals surface area (Å²) in [6, 6.07) is 6.93. The third kappa shape index (κ3) is 4.05. The number of aryl methyl sites for hydroxylation is 1. The molecule has 0 saturated carbocycles. The second-order valence-corrected chi connectivity index (χ2v) is 6.41. The molecule has 1 aliphatic heterocycles. The molecule has 2 aromatic rings. The smallest absolute Gasteiger partial charge is 0.227 e. The molecular weight excluding hydrogens is 321 g/mol. The largest absolute Gasteiger partial charge is 0.396 e. The van der Waals surface area contributed by atoms with Gasteiger partial charge in [0.1, 0.15) is 11.6 Å². The van der Waals surface area contributed by atoms with Crippen LogP contribution in [0.15, 0.2) is 30.5 Å². The van der Waals surface area contributed by atoms with Crippen LogP contribution >= 0.6 is 0 Å². The van der Waals surface area contributed by atoms with E-state index in [1.165, 1.54) is 6.07 Å². The number of piperazine rings is 1. The van der Waals surface area contributed by atoms with Crippen molar-refractivity contribution in [3.63, 3.8) is 0 Å². The van der Waals surface area contributed by atoms with E-state index in [9.17, 15) is 9.50 Å². The third-order valence-corrected chi connectivity index (χ3v) is 4.68. The van der Waals surface area contributed by atoms with E-state index in [1.807, 2.05) is 19.1 Å². The maximum atomic E-state index is 14.0. The number of hydrogen-bond acceptors (Lipinski definition) is 6. The molecule has 2 heterocycles. The van der Waals surface area contributed by atoms with Crippen LogP contribution in [0.3, 0.4) is 0 Å². The van der Waals surface area contributed by atoms with Gasteiger partial charge in [0.05, 0.1) is 0 Å². The number of nitrogens with two attached hydrogens (primary N) is 1. The Bertz CT molecular complexity index is 726. The van der Waals surface area contributed by atoms with Crippen LogP contribution in [-0.4, -0.2) is 52.3 Å². The van der Waals surface area contributed by atoms with E-state index in [-0.39, 0.29) is 18.5 Å². The number of halogens is 1. The molecule has 3 N–H and O–H groups in total. The molecule has 1 aliphatic rings. The van der Waals surface area contributed by atoms with Crippen LogP contribution in [0.4, 0.5) is 16.2 Å². The normalized spacial score (nSPS) is 18.5. The van der Waals surface area contributed by atoms with Gasteiger partial charge in [-0.25, -0.2) is 9.37 Å². The number of anilines is 2.